The molecule has 1 aromatic heterocycles. The first-order valence-corrected chi connectivity index (χ1v) is 14.1. The van der Waals surface area contributed by atoms with Crippen molar-refractivity contribution in [3.05, 3.63) is 46.6 Å². The summed E-state index contributed by atoms with van der Waals surface area (Å²) in [5.74, 6) is 1.52. The van der Waals surface area contributed by atoms with E-state index >= 15 is 0 Å². The highest BCUT2D eigenvalue weighted by Gasteiger charge is 2.29. The van der Waals surface area contributed by atoms with Gasteiger partial charge in [0.1, 0.15) is 11.4 Å². The Balaban J connectivity index is 2.05. The zero-order valence-electron chi connectivity index (χ0n) is 19.0. The molecule has 2 aromatic rings. The second-order valence-electron chi connectivity index (χ2n) is 9.35. The summed E-state index contributed by atoms with van der Waals surface area (Å²) in [6.07, 6.45) is 1.83. The molecule has 29 heavy (non-hydrogen) atoms. The third kappa shape index (κ3) is 5.47. The van der Waals surface area contributed by atoms with E-state index in [2.05, 4.69) is 71.6 Å². The molecule has 2 heterocycles. The number of aryl methyl sites for hydroxylation is 2. The van der Waals surface area contributed by atoms with Crippen LogP contribution in [-0.4, -0.2) is 26.5 Å². The second kappa shape index (κ2) is 8.98. The molecule has 158 valence electrons. The van der Waals surface area contributed by atoms with Gasteiger partial charge in [-0.05, 0) is 75.0 Å². The van der Waals surface area contributed by atoms with Crippen LogP contribution in [-0.2, 0) is 15.9 Å². The van der Waals surface area contributed by atoms with Crippen molar-refractivity contribution in [1.82, 2.24) is 4.98 Å². The molecular formula is C24H35NO3Si. The van der Waals surface area contributed by atoms with Gasteiger partial charge >= 0.3 is 0 Å². The van der Waals surface area contributed by atoms with Crippen molar-refractivity contribution in [3.63, 3.8) is 0 Å². The molecule has 3 rings (SSSR count). The normalized spacial score (nSPS) is 15.3. The van der Waals surface area contributed by atoms with Crippen LogP contribution in [0.15, 0.2) is 24.3 Å². The van der Waals surface area contributed by atoms with E-state index in [-0.39, 0.29) is 0 Å². The summed E-state index contributed by atoms with van der Waals surface area (Å²) in [5, 5.41) is 0. The van der Waals surface area contributed by atoms with Crippen LogP contribution in [0, 0.1) is 19.8 Å². The van der Waals surface area contributed by atoms with E-state index < -0.39 is 14.6 Å². The first-order chi connectivity index (χ1) is 13.7. The highest BCUT2D eigenvalue weighted by molar-refractivity contribution is 6.70. The van der Waals surface area contributed by atoms with E-state index in [4.69, 9.17) is 18.9 Å². The van der Waals surface area contributed by atoms with Gasteiger partial charge in [0, 0.05) is 5.56 Å². The minimum absolute atomic E-state index is 0.454. The average Bonchev–Trinajstić information content (AvgIpc) is 3.16. The van der Waals surface area contributed by atoms with Crippen molar-refractivity contribution in [2.45, 2.75) is 66.5 Å². The number of hydrogen-bond acceptors (Lipinski definition) is 4. The van der Waals surface area contributed by atoms with Gasteiger partial charge in [0.25, 0.3) is 0 Å². The van der Waals surface area contributed by atoms with Crippen molar-refractivity contribution < 1.29 is 13.9 Å². The maximum absolute atomic E-state index is 6.40. The fraction of sp³-hybridized carbons (Fsp3) is 0.542. The molecule has 0 N–H and O–H groups in total. The van der Waals surface area contributed by atoms with Crippen molar-refractivity contribution >= 4 is 8.32 Å². The molecule has 1 aliphatic rings. The van der Waals surface area contributed by atoms with Gasteiger partial charge in [-0.15, -0.1) is 0 Å². The smallest absolute Gasteiger partial charge is 0.242 e. The predicted molar refractivity (Wildman–Crippen MR) is 121 cm³/mol. The largest absolute Gasteiger partial charge is 0.543 e. The van der Waals surface area contributed by atoms with Gasteiger partial charge in [-0.25, -0.2) is 4.98 Å². The lowest BCUT2D eigenvalue weighted by Gasteiger charge is -2.25. The van der Waals surface area contributed by atoms with Crippen LogP contribution in [0.2, 0.25) is 19.6 Å². The minimum Gasteiger partial charge on any atom is -0.543 e. The summed E-state index contributed by atoms with van der Waals surface area (Å²) in [7, 11) is -1.80. The van der Waals surface area contributed by atoms with Crippen LogP contribution in [0.5, 0.6) is 5.75 Å². The fourth-order valence-electron chi connectivity index (χ4n) is 3.61. The molecule has 0 unspecified atom stereocenters. The molecule has 0 bridgehead atoms. The third-order valence-electron chi connectivity index (χ3n) is 5.15. The molecule has 1 aliphatic heterocycles. The zero-order valence-corrected chi connectivity index (χ0v) is 20.0. The summed E-state index contributed by atoms with van der Waals surface area (Å²) < 4.78 is 18.0. The lowest BCUT2D eigenvalue weighted by atomic mass is 9.94. The second-order valence-corrected chi connectivity index (χ2v) is 13.8. The summed E-state index contributed by atoms with van der Waals surface area (Å²) in [4.78, 5) is 5.01. The number of aromatic nitrogens is 1. The molecule has 1 aromatic carbocycles. The highest BCUT2D eigenvalue weighted by atomic mass is 28.4. The molecule has 0 saturated carbocycles. The molecule has 0 atom stereocenters. The van der Waals surface area contributed by atoms with Crippen molar-refractivity contribution in [2.24, 2.45) is 5.92 Å². The van der Waals surface area contributed by atoms with Crippen LogP contribution in [0.1, 0.15) is 48.9 Å². The van der Waals surface area contributed by atoms with E-state index in [1.54, 1.807) is 0 Å². The summed E-state index contributed by atoms with van der Waals surface area (Å²) in [5.41, 5.74) is 6.69. The first kappa shape index (κ1) is 22.0. The highest BCUT2D eigenvalue weighted by Crippen LogP contribution is 2.37. The number of hydrogen-bond donors (Lipinski definition) is 0. The Hall–Kier alpha value is -1.69. The van der Waals surface area contributed by atoms with Gasteiger partial charge in [0.2, 0.25) is 14.6 Å². The van der Waals surface area contributed by atoms with E-state index in [0.29, 0.717) is 19.1 Å². The topological polar surface area (TPSA) is 40.6 Å². The molecule has 1 fully saturated rings. The number of nitrogens with zero attached hydrogens (tertiary/aromatic N) is 1. The van der Waals surface area contributed by atoms with E-state index in [9.17, 15) is 0 Å². The summed E-state index contributed by atoms with van der Waals surface area (Å²) >= 11 is 0. The number of pyridine rings is 1. The molecule has 0 radical (unpaired) electrons. The monoisotopic (exact) mass is 413 g/mol. The van der Waals surface area contributed by atoms with Crippen LogP contribution < -0.4 is 4.43 Å². The average molecular weight is 414 g/mol. The third-order valence-corrected chi connectivity index (χ3v) is 5.97. The molecule has 0 aliphatic carbocycles. The van der Waals surface area contributed by atoms with Gasteiger partial charge in [0.15, 0.2) is 0 Å². The van der Waals surface area contributed by atoms with Crippen LogP contribution in [0.3, 0.4) is 0 Å². The molecule has 4 nitrogen and oxygen atoms in total. The Bertz CT molecular complexity index is 852. The molecule has 0 amide bonds. The summed E-state index contributed by atoms with van der Waals surface area (Å²) in [6, 6.07) is 8.68. The SMILES string of the molecule is Cc1cc(-c2cccc(CCC(C)C)c2C)nc(C2OCCO2)c1O[Si](C)(C)C. The minimum atomic E-state index is -1.80. The standard InChI is InChI=1S/C24H35NO3Si/c1-16(2)11-12-19-9-8-10-20(18(19)4)21-15-17(3)23(28-29(5,6)7)22(25-21)24-26-13-14-27-24/h8-10,15-16,24H,11-14H2,1-7H3. The summed E-state index contributed by atoms with van der Waals surface area (Å²) in [6.45, 7) is 16.6. The van der Waals surface area contributed by atoms with Gasteiger partial charge in [-0.1, -0.05) is 32.0 Å². The van der Waals surface area contributed by atoms with Crippen LogP contribution >= 0.6 is 0 Å². The zero-order chi connectivity index (χ0) is 21.2. The van der Waals surface area contributed by atoms with Crippen molar-refractivity contribution in [2.75, 3.05) is 13.2 Å². The quantitative estimate of drug-likeness (QED) is 0.506. The van der Waals surface area contributed by atoms with Gasteiger partial charge in [0.05, 0.1) is 18.9 Å². The Morgan fingerprint density at radius 2 is 1.83 bits per heavy atom. The molecule has 0 spiro atoms. The fourth-order valence-corrected chi connectivity index (χ4v) is 4.49. The maximum atomic E-state index is 6.40. The molecule has 1 saturated heterocycles. The Labute approximate surface area is 176 Å². The van der Waals surface area contributed by atoms with Gasteiger partial charge in [-0.2, -0.15) is 0 Å². The Kier molecular flexibility index (Phi) is 6.82. The van der Waals surface area contributed by atoms with Crippen LogP contribution in [0.4, 0.5) is 0 Å². The number of benzene rings is 1. The molecule has 5 heteroatoms. The van der Waals surface area contributed by atoms with E-state index in [1.807, 2.05) is 0 Å². The van der Waals surface area contributed by atoms with Crippen LogP contribution in [0.25, 0.3) is 11.3 Å². The number of rotatable bonds is 7. The van der Waals surface area contributed by atoms with Gasteiger partial charge in [-0.3, -0.25) is 0 Å². The predicted octanol–water partition coefficient (Wildman–Crippen LogP) is 6.21. The molecular weight excluding hydrogens is 378 g/mol. The first-order valence-electron chi connectivity index (χ1n) is 10.7. The van der Waals surface area contributed by atoms with Crippen molar-refractivity contribution in [1.29, 1.82) is 0 Å². The Morgan fingerprint density at radius 1 is 1.14 bits per heavy atom. The van der Waals surface area contributed by atoms with Crippen molar-refractivity contribution in [3.8, 4) is 17.0 Å². The number of ether oxygens (including phenoxy) is 2. The van der Waals surface area contributed by atoms with E-state index in [1.165, 1.54) is 23.1 Å². The lowest BCUT2D eigenvalue weighted by Crippen LogP contribution is -2.30. The Morgan fingerprint density at radius 3 is 2.45 bits per heavy atom. The maximum Gasteiger partial charge on any atom is 0.242 e. The van der Waals surface area contributed by atoms with Gasteiger partial charge < -0.3 is 13.9 Å². The van der Waals surface area contributed by atoms with E-state index in [0.717, 1.165) is 29.1 Å². The lowest BCUT2D eigenvalue weighted by molar-refractivity contribution is -0.0482.